The van der Waals surface area contributed by atoms with Crippen LogP contribution >= 0.6 is 0 Å². The molecule has 3 rings (SSSR count). The number of nitrogens with zero attached hydrogens (tertiary/aromatic N) is 1. The Balaban J connectivity index is 1.63. The zero-order valence-electron chi connectivity index (χ0n) is 10.7. The number of hydrogen-bond acceptors (Lipinski definition) is 2. The van der Waals surface area contributed by atoms with Crippen molar-refractivity contribution in [1.82, 2.24) is 4.90 Å². The fourth-order valence-electron chi connectivity index (χ4n) is 2.90. The number of rotatable bonds is 2. The number of benzene rings is 1. The average Bonchev–Trinajstić information content (AvgIpc) is 3.08. The standard InChI is InChI=1S/C15H19NO2/c1-15(18)7-8-16(10-15)14(17)13-9-12(13)11-5-3-2-4-6-11/h2-6,12-13,18H,7-10H2,1H3. The molecular weight excluding hydrogens is 226 g/mol. The van der Waals surface area contributed by atoms with E-state index in [9.17, 15) is 9.90 Å². The van der Waals surface area contributed by atoms with Crippen LogP contribution in [0.5, 0.6) is 0 Å². The summed E-state index contributed by atoms with van der Waals surface area (Å²) < 4.78 is 0. The second kappa shape index (κ2) is 4.09. The Hall–Kier alpha value is -1.35. The van der Waals surface area contributed by atoms with Gasteiger partial charge in [0.25, 0.3) is 0 Å². The second-order valence-corrected chi connectivity index (χ2v) is 5.87. The van der Waals surface area contributed by atoms with Crippen LogP contribution in [0.25, 0.3) is 0 Å². The molecule has 96 valence electrons. The largest absolute Gasteiger partial charge is 0.388 e. The van der Waals surface area contributed by atoms with E-state index in [1.807, 2.05) is 30.0 Å². The number of amides is 1. The van der Waals surface area contributed by atoms with Crippen LogP contribution in [0.15, 0.2) is 30.3 Å². The summed E-state index contributed by atoms with van der Waals surface area (Å²) in [6, 6.07) is 10.2. The molecule has 1 N–H and O–H groups in total. The Morgan fingerprint density at radius 2 is 2.11 bits per heavy atom. The third-order valence-corrected chi connectivity index (χ3v) is 4.10. The van der Waals surface area contributed by atoms with Crippen molar-refractivity contribution in [2.75, 3.05) is 13.1 Å². The van der Waals surface area contributed by atoms with E-state index in [1.54, 1.807) is 0 Å². The minimum atomic E-state index is -0.688. The van der Waals surface area contributed by atoms with E-state index < -0.39 is 5.60 Å². The number of carbonyl (C=O) groups is 1. The molecule has 3 nitrogen and oxygen atoms in total. The minimum absolute atomic E-state index is 0.140. The molecule has 18 heavy (non-hydrogen) atoms. The van der Waals surface area contributed by atoms with E-state index in [2.05, 4.69) is 12.1 Å². The van der Waals surface area contributed by atoms with Crippen molar-refractivity contribution < 1.29 is 9.90 Å². The Bertz CT molecular complexity index is 455. The molecule has 1 aliphatic carbocycles. The van der Waals surface area contributed by atoms with Gasteiger partial charge in [-0.3, -0.25) is 4.79 Å². The highest BCUT2D eigenvalue weighted by molar-refractivity contribution is 5.83. The summed E-state index contributed by atoms with van der Waals surface area (Å²) in [4.78, 5) is 14.1. The summed E-state index contributed by atoms with van der Waals surface area (Å²) in [5.41, 5.74) is 0.578. The maximum Gasteiger partial charge on any atom is 0.226 e. The molecule has 2 fully saturated rings. The van der Waals surface area contributed by atoms with Gasteiger partial charge in [-0.1, -0.05) is 30.3 Å². The molecule has 1 saturated carbocycles. The van der Waals surface area contributed by atoms with Crippen molar-refractivity contribution >= 4 is 5.91 Å². The average molecular weight is 245 g/mol. The first-order chi connectivity index (χ1) is 8.57. The molecule has 3 heteroatoms. The van der Waals surface area contributed by atoms with Crippen LogP contribution in [-0.4, -0.2) is 34.6 Å². The summed E-state index contributed by atoms with van der Waals surface area (Å²) in [7, 11) is 0. The van der Waals surface area contributed by atoms with Gasteiger partial charge in [-0.05, 0) is 31.2 Å². The third-order valence-electron chi connectivity index (χ3n) is 4.10. The molecule has 1 aliphatic heterocycles. The summed E-state index contributed by atoms with van der Waals surface area (Å²) in [5, 5.41) is 9.90. The van der Waals surface area contributed by atoms with Gasteiger partial charge in [-0.2, -0.15) is 0 Å². The van der Waals surface area contributed by atoms with Gasteiger partial charge in [0.05, 0.1) is 5.60 Å². The molecule has 1 amide bonds. The van der Waals surface area contributed by atoms with Gasteiger partial charge < -0.3 is 10.0 Å². The molecule has 2 aliphatic rings. The number of carbonyl (C=O) groups excluding carboxylic acids is 1. The Kier molecular flexibility index (Phi) is 2.67. The maximum absolute atomic E-state index is 12.3. The normalized spacial score (nSPS) is 34.7. The van der Waals surface area contributed by atoms with Gasteiger partial charge in [0.1, 0.15) is 0 Å². The van der Waals surface area contributed by atoms with Crippen LogP contribution in [0.2, 0.25) is 0 Å². The van der Waals surface area contributed by atoms with Crippen LogP contribution in [0.3, 0.4) is 0 Å². The molecule has 3 unspecified atom stereocenters. The lowest BCUT2D eigenvalue weighted by atomic mass is 10.1. The van der Waals surface area contributed by atoms with Crippen LogP contribution in [0, 0.1) is 5.92 Å². The van der Waals surface area contributed by atoms with Gasteiger partial charge in [-0.15, -0.1) is 0 Å². The topological polar surface area (TPSA) is 40.5 Å². The second-order valence-electron chi connectivity index (χ2n) is 5.87. The van der Waals surface area contributed by atoms with Gasteiger partial charge in [0.2, 0.25) is 5.91 Å². The highest BCUT2D eigenvalue weighted by Gasteiger charge is 2.47. The van der Waals surface area contributed by atoms with Crippen molar-refractivity contribution in [3.05, 3.63) is 35.9 Å². The van der Waals surface area contributed by atoms with Gasteiger partial charge in [0.15, 0.2) is 0 Å². The van der Waals surface area contributed by atoms with Crippen molar-refractivity contribution in [3.8, 4) is 0 Å². The monoisotopic (exact) mass is 245 g/mol. The van der Waals surface area contributed by atoms with Crippen LogP contribution in [0.4, 0.5) is 0 Å². The fourth-order valence-corrected chi connectivity index (χ4v) is 2.90. The Morgan fingerprint density at radius 3 is 2.72 bits per heavy atom. The molecule has 0 spiro atoms. The zero-order chi connectivity index (χ0) is 12.8. The Labute approximate surface area is 107 Å². The van der Waals surface area contributed by atoms with Gasteiger partial charge in [-0.25, -0.2) is 0 Å². The highest BCUT2D eigenvalue weighted by Crippen LogP contribution is 2.48. The van der Waals surface area contributed by atoms with E-state index >= 15 is 0 Å². The summed E-state index contributed by atoms with van der Waals surface area (Å²) >= 11 is 0. The number of aliphatic hydroxyl groups is 1. The maximum atomic E-state index is 12.3. The zero-order valence-corrected chi connectivity index (χ0v) is 10.7. The first kappa shape index (κ1) is 11.7. The Morgan fingerprint density at radius 1 is 1.39 bits per heavy atom. The quantitative estimate of drug-likeness (QED) is 0.862. The molecule has 0 radical (unpaired) electrons. The number of likely N-dealkylation sites (tertiary alicyclic amines) is 1. The minimum Gasteiger partial charge on any atom is -0.388 e. The van der Waals surface area contributed by atoms with E-state index in [4.69, 9.17) is 0 Å². The SMILES string of the molecule is CC1(O)CCN(C(=O)C2CC2c2ccccc2)C1. The summed E-state index contributed by atoms with van der Waals surface area (Å²) in [6.07, 6.45) is 1.66. The van der Waals surface area contributed by atoms with Crippen molar-refractivity contribution in [2.24, 2.45) is 5.92 Å². The smallest absolute Gasteiger partial charge is 0.226 e. The molecule has 0 aromatic heterocycles. The van der Waals surface area contributed by atoms with E-state index in [1.165, 1.54) is 5.56 Å². The fraction of sp³-hybridized carbons (Fsp3) is 0.533. The molecule has 0 bridgehead atoms. The van der Waals surface area contributed by atoms with E-state index in [0.29, 0.717) is 25.4 Å². The lowest BCUT2D eigenvalue weighted by molar-refractivity contribution is -0.132. The molecule has 1 heterocycles. The predicted octanol–water partition coefficient (Wildman–Crippen LogP) is 1.77. The van der Waals surface area contributed by atoms with Crippen molar-refractivity contribution in [2.45, 2.75) is 31.3 Å². The molecule has 1 aromatic rings. The molecule has 3 atom stereocenters. The summed E-state index contributed by atoms with van der Waals surface area (Å²) in [5.74, 6) is 0.757. The number of β-amino-alcohol motifs (C(OH)–C–C–N with tert-alkyl or cyclic N) is 1. The summed E-state index contributed by atoms with van der Waals surface area (Å²) in [6.45, 7) is 3.00. The van der Waals surface area contributed by atoms with Crippen LogP contribution in [0.1, 0.15) is 31.2 Å². The molecule has 1 saturated heterocycles. The lowest BCUT2D eigenvalue weighted by Gasteiger charge is -2.19. The molecular formula is C15H19NO2. The van der Waals surface area contributed by atoms with Crippen molar-refractivity contribution in [1.29, 1.82) is 0 Å². The molecule has 1 aromatic carbocycles. The van der Waals surface area contributed by atoms with Gasteiger partial charge >= 0.3 is 0 Å². The van der Waals surface area contributed by atoms with Crippen LogP contribution < -0.4 is 0 Å². The van der Waals surface area contributed by atoms with E-state index in [-0.39, 0.29) is 11.8 Å². The van der Waals surface area contributed by atoms with Crippen molar-refractivity contribution in [3.63, 3.8) is 0 Å². The lowest BCUT2D eigenvalue weighted by Crippen LogP contribution is -2.35. The number of hydrogen-bond donors (Lipinski definition) is 1. The van der Waals surface area contributed by atoms with Gasteiger partial charge in [0, 0.05) is 19.0 Å². The van der Waals surface area contributed by atoms with E-state index in [0.717, 1.165) is 6.42 Å². The predicted molar refractivity (Wildman–Crippen MR) is 69.1 cm³/mol. The highest BCUT2D eigenvalue weighted by atomic mass is 16.3. The first-order valence-electron chi connectivity index (χ1n) is 6.63. The first-order valence-corrected chi connectivity index (χ1v) is 6.63. The van der Waals surface area contributed by atoms with Crippen LogP contribution in [-0.2, 0) is 4.79 Å². The third kappa shape index (κ3) is 2.15.